The monoisotopic (exact) mass is 391 g/mol. The number of benzene rings is 1. The fourth-order valence-corrected chi connectivity index (χ4v) is 5.14. The molecule has 2 aromatic rings. The van der Waals surface area contributed by atoms with Gasteiger partial charge in [-0.25, -0.2) is 9.97 Å². The average Bonchev–Trinajstić information content (AvgIpc) is 2.96. The molecule has 2 aliphatic carbocycles. The van der Waals surface area contributed by atoms with E-state index in [-0.39, 0.29) is 17.3 Å². The van der Waals surface area contributed by atoms with Gasteiger partial charge in [0.15, 0.2) is 11.4 Å². The Morgan fingerprint density at radius 2 is 1.75 bits per heavy atom. The second-order valence-electron chi connectivity index (χ2n) is 8.17. The molecule has 0 spiro atoms. The van der Waals surface area contributed by atoms with Crippen LogP contribution in [0, 0.1) is 28.1 Å². The maximum absolute atomic E-state index is 13.6. The van der Waals surface area contributed by atoms with Gasteiger partial charge in [0, 0.05) is 16.1 Å². The van der Waals surface area contributed by atoms with Crippen LogP contribution in [0.5, 0.6) is 0 Å². The molecule has 140 valence electrons. The molecule has 1 heterocycles. The van der Waals surface area contributed by atoms with Crippen LogP contribution in [-0.4, -0.2) is 15.9 Å². The van der Waals surface area contributed by atoms with E-state index in [4.69, 9.17) is 11.6 Å². The standard InChI is InChI=1S/C21H18ClN5O/c1-19(2)20(3)7-8-21(19,18(28)25-13-6-4-5-12(22)9-13)17-16(20)26-14(10-23)15(11-24)27-17/h4-6,9H,7-8H2,1-3H3,(H,25,28). The quantitative estimate of drug-likeness (QED) is 0.837. The molecule has 1 aromatic heterocycles. The van der Waals surface area contributed by atoms with Crippen molar-refractivity contribution in [2.75, 3.05) is 5.32 Å². The summed E-state index contributed by atoms with van der Waals surface area (Å²) in [5.41, 5.74) is -0.105. The molecule has 2 bridgehead atoms. The summed E-state index contributed by atoms with van der Waals surface area (Å²) in [7, 11) is 0. The highest BCUT2D eigenvalue weighted by molar-refractivity contribution is 6.30. The number of halogens is 1. The Hall–Kier alpha value is -2.96. The minimum Gasteiger partial charge on any atom is -0.325 e. The van der Waals surface area contributed by atoms with Crippen molar-refractivity contribution in [1.82, 2.24) is 9.97 Å². The molecule has 6 nitrogen and oxygen atoms in total. The summed E-state index contributed by atoms with van der Waals surface area (Å²) < 4.78 is 0. The zero-order chi connectivity index (χ0) is 20.3. The molecule has 0 aliphatic heterocycles. The normalized spacial score (nSPS) is 26.2. The molecule has 7 heteroatoms. The molecule has 1 fully saturated rings. The van der Waals surface area contributed by atoms with E-state index in [2.05, 4.69) is 22.2 Å². The van der Waals surface area contributed by atoms with E-state index in [1.54, 1.807) is 24.3 Å². The van der Waals surface area contributed by atoms with E-state index in [1.165, 1.54) is 0 Å². The third-order valence-corrected chi connectivity index (χ3v) is 7.19. The number of carbonyl (C=O) groups excluding carboxylic acids is 1. The molecular weight excluding hydrogens is 374 g/mol. The maximum Gasteiger partial charge on any atom is 0.237 e. The highest BCUT2D eigenvalue weighted by Crippen LogP contribution is 2.70. The largest absolute Gasteiger partial charge is 0.325 e. The zero-order valence-corrected chi connectivity index (χ0v) is 16.6. The number of nitrogens with zero attached hydrogens (tertiary/aromatic N) is 4. The Bertz CT molecular complexity index is 1110. The van der Waals surface area contributed by atoms with Crippen LogP contribution in [0.2, 0.25) is 5.02 Å². The lowest BCUT2D eigenvalue weighted by molar-refractivity contribution is -0.125. The number of carbonyl (C=O) groups is 1. The first-order valence-corrected chi connectivity index (χ1v) is 9.39. The van der Waals surface area contributed by atoms with Gasteiger partial charge in [0.1, 0.15) is 12.1 Å². The SMILES string of the molecule is CC12CCC(C(=O)Nc3cccc(Cl)c3)(c3nc(C#N)c(C#N)nc31)C2(C)C. The first-order valence-electron chi connectivity index (χ1n) is 9.01. The summed E-state index contributed by atoms with van der Waals surface area (Å²) in [6.45, 7) is 6.15. The van der Waals surface area contributed by atoms with Gasteiger partial charge in [-0.15, -0.1) is 0 Å². The lowest BCUT2D eigenvalue weighted by Crippen LogP contribution is -2.48. The van der Waals surface area contributed by atoms with Crippen molar-refractivity contribution in [3.63, 3.8) is 0 Å². The highest BCUT2D eigenvalue weighted by Gasteiger charge is 2.73. The van der Waals surface area contributed by atoms with Crippen molar-refractivity contribution in [3.8, 4) is 12.1 Å². The topological polar surface area (TPSA) is 102 Å². The van der Waals surface area contributed by atoms with Gasteiger partial charge in [-0.3, -0.25) is 4.79 Å². The molecule has 1 saturated carbocycles. The van der Waals surface area contributed by atoms with E-state index in [1.807, 2.05) is 26.0 Å². The van der Waals surface area contributed by atoms with Crippen molar-refractivity contribution in [3.05, 3.63) is 52.1 Å². The number of rotatable bonds is 2. The minimum absolute atomic E-state index is 0.0104. The van der Waals surface area contributed by atoms with Gasteiger partial charge in [0.25, 0.3) is 0 Å². The Morgan fingerprint density at radius 1 is 1.11 bits per heavy atom. The Morgan fingerprint density at radius 3 is 2.36 bits per heavy atom. The smallest absolute Gasteiger partial charge is 0.237 e. The molecule has 0 radical (unpaired) electrons. The van der Waals surface area contributed by atoms with E-state index in [0.717, 1.165) is 6.42 Å². The van der Waals surface area contributed by atoms with Gasteiger partial charge in [-0.05, 0) is 36.5 Å². The number of nitrogens with one attached hydrogen (secondary N) is 1. The summed E-state index contributed by atoms with van der Waals surface area (Å²) in [5, 5.41) is 22.3. The summed E-state index contributed by atoms with van der Waals surface area (Å²) in [5.74, 6) is -0.190. The average molecular weight is 392 g/mol. The van der Waals surface area contributed by atoms with Crippen molar-refractivity contribution in [1.29, 1.82) is 10.5 Å². The predicted octanol–water partition coefficient (Wildman–Crippen LogP) is 3.84. The number of anilines is 1. The highest BCUT2D eigenvalue weighted by atomic mass is 35.5. The lowest BCUT2D eigenvalue weighted by atomic mass is 9.63. The second-order valence-corrected chi connectivity index (χ2v) is 8.60. The van der Waals surface area contributed by atoms with Crippen molar-refractivity contribution >= 4 is 23.2 Å². The number of hydrogen-bond acceptors (Lipinski definition) is 5. The molecule has 2 atom stereocenters. The third kappa shape index (κ3) is 2.04. The summed E-state index contributed by atoms with van der Waals surface area (Å²) in [6, 6.07) is 10.9. The molecule has 28 heavy (non-hydrogen) atoms. The number of fused-ring (bicyclic) bond motifs is 5. The molecule has 2 unspecified atom stereocenters. The summed E-state index contributed by atoms with van der Waals surface area (Å²) >= 11 is 6.06. The third-order valence-electron chi connectivity index (χ3n) is 6.95. The van der Waals surface area contributed by atoms with Gasteiger partial charge < -0.3 is 5.32 Å². The Labute approximate surface area is 168 Å². The van der Waals surface area contributed by atoms with Crippen LogP contribution in [0.3, 0.4) is 0 Å². The van der Waals surface area contributed by atoms with Crippen LogP contribution >= 0.6 is 11.6 Å². The molecular formula is C21H18ClN5O. The second kappa shape index (κ2) is 5.77. The first-order chi connectivity index (χ1) is 13.2. The van der Waals surface area contributed by atoms with E-state index in [9.17, 15) is 15.3 Å². The van der Waals surface area contributed by atoms with Gasteiger partial charge in [-0.1, -0.05) is 38.4 Å². The molecule has 0 saturated heterocycles. The minimum atomic E-state index is -0.939. The summed E-state index contributed by atoms with van der Waals surface area (Å²) in [6.07, 6.45) is 1.35. The van der Waals surface area contributed by atoms with Crippen molar-refractivity contribution in [2.45, 2.75) is 44.4 Å². The van der Waals surface area contributed by atoms with E-state index < -0.39 is 16.2 Å². The fraction of sp³-hybridized carbons (Fsp3) is 0.381. The Kier molecular flexibility index (Phi) is 3.79. The van der Waals surface area contributed by atoms with Crippen molar-refractivity contribution in [2.24, 2.45) is 5.41 Å². The molecule has 1 amide bonds. The fourth-order valence-electron chi connectivity index (χ4n) is 4.94. The van der Waals surface area contributed by atoms with Crippen molar-refractivity contribution < 1.29 is 4.79 Å². The summed E-state index contributed by atoms with van der Waals surface area (Å²) in [4.78, 5) is 22.6. The molecule has 1 N–H and O–H groups in total. The van der Waals surface area contributed by atoms with Crippen LogP contribution in [0.15, 0.2) is 24.3 Å². The van der Waals surface area contributed by atoms with E-state index in [0.29, 0.717) is 28.5 Å². The lowest BCUT2D eigenvalue weighted by Gasteiger charge is -2.39. The van der Waals surface area contributed by atoms with Crippen LogP contribution in [0.4, 0.5) is 5.69 Å². The Balaban J connectivity index is 1.91. The van der Waals surface area contributed by atoms with Gasteiger partial charge in [0.05, 0.1) is 16.8 Å². The molecule has 4 rings (SSSR count). The first kappa shape index (κ1) is 18.4. The number of aromatic nitrogens is 2. The predicted molar refractivity (Wildman–Crippen MR) is 104 cm³/mol. The zero-order valence-electron chi connectivity index (χ0n) is 15.8. The maximum atomic E-state index is 13.6. The van der Waals surface area contributed by atoms with Crippen LogP contribution in [0.25, 0.3) is 0 Å². The van der Waals surface area contributed by atoms with Gasteiger partial charge >= 0.3 is 0 Å². The molecule has 1 aromatic carbocycles. The van der Waals surface area contributed by atoms with Crippen LogP contribution in [-0.2, 0) is 15.6 Å². The number of nitriles is 2. The van der Waals surface area contributed by atoms with Crippen LogP contribution in [0.1, 0.15) is 56.4 Å². The van der Waals surface area contributed by atoms with E-state index >= 15 is 0 Å². The van der Waals surface area contributed by atoms with Gasteiger partial charge in [-0.2, -0.15) is 10.5 Å². The van der Waals surface area contributed by atoms with Gasteiger partial charge in [0.2, 0.25) is 5.91 Å². The molecule has 2 aliphatic rings. The number of amides is 1. The number of hydrogen-bond donors (Lipinski definition) is 1. The van der Waals surface area contributed by atoms with Crippen LogP contribution < -0.4 is 5.32 Å².